The maximum atomic E-state index is 12.9. The highest BCUT2D eigenvalue weighted by Crippen LogP contribution is 2.26. The first kappa shape index (κ1) is 19.5. The average molecular weight is 401 g/mol. The van der Waals surface area contributed by atoms with Crippen molar-refractivity contribution in [2.75, 3.05) is 0 Å². The number of aromatic amines is 1. The Morgan fingerprint density at radius 3 is 2.63 bits per heavy atom. The van der Waals surface area contributed by atoms with Gasteiger partial charge in [0.25, 0.3) is 5.91 Å². The molecule has 0 aliphatic rings. The lowest BCUT2D eigenvalue weighted by atomic mass is 10.0. The molecule has 2 aromatic heterocycles. The predicted molar refractivity (Wildman–Crippen MR) is 113 cm³/mol. The number of H-pyrrole nitrogens is 1. The van der Waals surface area contributed by atoms with E-state index in [1.54, 1.807) is 23.1 Å². The van der Waals surface area contributed by atoms with Crippen molar-refractivity contribution in [2.45, 2.75) is 33.2 Å². The Balaban J connectivity index is 1.74. The maximum Gasteiger partial charge on any atom is 0.251 e. The Morgan fingerprint density at radius 1 is 1.13 bits per heavy atom. The lowest BCUT2D eigenvalue weighted by Crippen LogP contribution is -2.23. The molecule has 0 bridgehead atoms. The molecule has 0 atom stereocenters. The lowest BCUT2D eigenvalue weighted by Gasteiger charge is -2.12. The minimum absolute atomic E-state index is 0.138. The van der Waals surface area contributed by atoms with E-state index in [1.807, 2.05) is 45.0 Å². The monoisotopic (exact) mass is 401 g/mol. The molecule has 0 aliphatic carbocycles. The Kier molecular flexibility index (Phi) is 5.38. The van der Waals surface area contributed by atoms with Gasteiger partial charge in [0.05, 0.1) is 12.2 Å². The number of carbonyl (C=O) groups is 1. The van der Waals surface area contributed by atoms with Crippen molar-refractivity contribution in [3.8, 4) is 16.8 Å². The summed E-state index contributed by atoms with van der Waals surface area (Å²) in [7, 11) is 0. The molecule has 0 unspecified atom stereocenters. The maximum absolute atomic E-state index is 12.9. The number of aromatic nitrogens is 6. The molecule has 8 nitrogen and oxygen atoms in total. The molecule has 0 fully saturated rings. The standard InChI is InChI=1S/C22H23N7O/c1-14(2)21-26-27-28-29(21)19-11-17(16-6-4-15(3)5-7-16)10-18(12-19)22(30)25-13-20-23-8-9-24-20/h4-12,14H,13H2,1-3H3,(H,23,24)(H,25,30). The highest BCUT2D eigenvalue weighted by Gasteiger charge is 2.16. The summed E-state index contributed by atoms with van der Waals surface area (Å²) in [5.41, 5.74) is 4.38. The molecule has 0 saturated carbocycles. The van der Waals surface area contributed by atoms with Crippen molar-refractivity contribution in [3.05, 3.63) is 77.6 Å². The van der Waals surface area contributed by atoms with Crippen LogP contribution in [-0.2, 0) is 6.54 Å². The molecular formula is C22H23N7O. The van der Waals surface area contributed by atoms with E-state index in [9.17, 15) is 4.79 Å². The van der Waals surface area contributed by atoms with Crippen LogP contribution in [0.1, 0.15) is 47.3 Å². The third-order valence-electron chi connectivity index (χ3n) is 4.79. The van der Waals surface area contributed by atoms with Crippen LogP contribution in [0, 0.1) is 6.92 Å². The number of amides is 1. The van der Waals surface area contributed by atoms with Crippen molar-refractivity contribution in [1.82, 2.24) is 35.5 Å². The fourth-order valence-corrected chi connectivity index (χ4v) is 3.18. The number of rotatable bonds is 6. The van der Waals surface area contributed by atoms with Gasteiger partial charge < -0.3 is 10.3 Å². The van der Waals surface area contributed by atoms with Crippen LogP contribution in [0.3, 0.4) is 0 Å². The first-order chi connectivity index (χ1) is 14.5. The van der Waals surface area contributed by atoms with Crippen LogP contribution in [0.15, 0.2) is 54.9 Å². The van der Waals surface area contributed by atoms with Gasteiger partial charge in [-0.05, 0) is 46.7 Å². The molecule has 152 valence electrons. The summed E-state index contributed by atoms with van der Waals surface area (Å²) in [6, 6.07) is 13.9. The number of benzene rings is 2. The summed E-state index contributed by atoms with van der Waals surface area (Å²) in [6.45, 7) is 6.42. The molecule has 2 aromatic carbocycles. The largest absolute Gasteiger partial charge is 0.347 e. The second-order valence-corrected chi connectivity index (χ2v) is 7.46. The minimum Gasteiger partial charge on any atom is -0.347 e. The number of carbonyl (C=O) groups excluding carboxylic acids is 1. The molecule has 30 heavy (non-hydrogen) atoms. The number of nitrogens with zero attached hydrogens (tertiary/aromatic N) is 5. The van der Waals surface area contributed by atoms with Gasteiger partial charge in [-0.1, -0.05) is 43.7 Å². The number of nitrogens with one attached hydrogen (secondary N) is 2. The lowest BCUT2D eigenvalue weighted by molar-refractivity contribution is 0.0950. The SMILES string of the molecule is Cc1ccc(-c2cc(C(=O)NCc3ncc[nH]3)cc(-n3nnnc3C(C)C)c2)cc1. The fourth-order valence-electron chi connectivity index (χ4n) is 3.18. The number of hydrogen-bond donors (Lipinski definition) is 2. The van der Waals surface area contributed by atoms with E-state index in [1.165, 1.54) is 5.56 Å². The van der Waals surface area contributed by atoms with Crippen molar-refractivity contribution < 1.29 is 4.79 Å². The zero-order chi connectivity index (χ0) is 21.1. The minimum atomic E-state index is -0.194. The summed E-state index contributed by atoms with van der Waals surface area (Å²) in [5, 5.41) is 15.0. The van der Waals surface area contributed by atoms with E-state index in [4.69, 9.17) is 0 Å². The number of imidazole rings is 1. The molecule has 1 amide bonds. The Labute approximate surface area is 174 Å². The fraction of sp³-hybridized carbons (Fsp3) is 0.227. The van der Waals surface area contributed by atoms with Gasteiger partial charge in [0.1, 0.15) is 5.82 Å². The van der Waals surface area contributed by atoms with Gasteiger partial charge in [0.2, 0.25) is 0 Å². The smallest absolute Gasteiger partial charge is 0.251 e. The van der Waals surface area contributed by atoms with Crippen LogP contribution in [0.5, 0.6) is 0 Å². The van der Waals surface area contributed by atoms with Gasteiger partial charge in [-0.3, -0.25) is 4.79 Å². The topological polar surface area (TPSA) is 101 Å². The van der Waals surface area contributed by atoms with Gasteiger partial charge in [-0.25, -0.2) is 4.98 Å². The zero-order valence-corrected chi connectivity index (χ0v) is 17.1. The van der Waals surface area contributed by atoms with Crippen LogP contribution in [0.25, 0.3) is 16.8 Å². The van der Waals surface area contributed by atoms with Crippen molar-refractivity contribution in [3.63, 3.8) is 0 Å². The summed E-state index contributed by atoms with van der Waals surface area (Å²) < 4.78 is 1.69. The second-order valence-electron chi connectivity index (χ2n) is 7.46. The molecule has 0 radical (unpaired) electrons. The van der Waals surface area contributed by atoms with Gasteiger partial charge in [0, 0.05) is 23.9 Å². The number of aryl methyl sites for hydroxylation is 1. The second kappa shape index (κ2) is 8.28. The van der Waals surface area contributed by atoms with Crippen LogP contribution in [-0.4, -0.2) is 36.1 Å². The van der Waals surface area contributed by atoms with Crippen molar-refractivity contribution in [2.24, 2.45) is 0 Å². The molecule has 0 spiro atoms. The van der Waals surface area contributed by atoms with Gasteiger partial charge in [0.15, 0.2) is 5.82 Å². The molecule has 0 saturated heterocycles. The van der Waals surface area contributed by atoms with E-state index < -0.39 is 0 Å². The third-order valence-corrected chi connectivity index (χ3v) is 4.79. The summed E-state index contributed by atoms with van der Waals surface area (Å²) in [6.07, 6.45) is 3.38. The first-order valence-corrected chi connectivity index (χ1v) is 9.78. The van der Waals surface area contributed by atoms with Crippen LogP contribution < -0.4 is 5.32 Å². The number of tetrazole rings is 1. The van der Waals surface area contributed by atoms with Crippen molar-refractivity contribution >= 4 is 5.91 Å². The molecule has 4 rings (SSSR count). The van der Waals surface area contributed by atoms with Gasteiger partial charge >= 0.3 is 0 Å². The van der Waals surface area contributed by atoms with E-state index >= 15 is 0 Å². The molecule has 0 aliphatic heterocycles. The third kappa shape index (κ3) is 4.12. The summed E-state index contributed by atoms with van der Waals surface area (Å²) >= 11 is 0. The molecule has 8 heteroatoms. The van der Waals surface area contributed by atoms with Crippen LogP contribution in [0.2, 0.25) is 0 Å². The average Bonchev–Trinajstić information content (AvgIpc) is 3.44. The van der Waals surface area contributed by atoms with Gasteiger partial charge in [-0.15, -0.1) is 5.10 Å². The normalized spacial score (nSPS) is 11.1. The van der Waals surface area contributed by atoms with Crippen LogP contribution in [0.4, 0.5) is 0 Å². The van der Waals surface area contributed by atoms with E-state index in [0.29, 0.717) is 17.9 Å². The van der Waals surface area contributed by atoms with E-state index in [0.717, 1.165) is 22.6 Å². The molecule has 2 N–H and O–H groups in total. The quantitative estimate of drug-likeness (QED) is 0.515. The van der Waals surface area contributed by atoms with E-state index in [2.05, 4.69) is 42.9 Å². The molecule has 2 heterocycles. The van der Waals surface area contributed by atoms with Crippen LogP contribution >= 0.6 is 0 Å². The zero-order valence-electron chi connectivity index (χ0n) is 17.1. The summed E-state index contributed by atoms with van der Waals surface area (Å²) in [4.78, 5) is 20.0. The Morgan fingerprint density at radius 2 is 1.93 bits per heavy atom. The summed E-state index contributed by atoms with van der Waals surface area (Å²) in [5.74, 6) is 1.37. The highest BCUT2D eigenvalue weighted by molar-refractivity contribution is 5.96. The first-order valence-electron chi connectivity index (χ1n) is 9.78. The predicted octanol–water partition coefficient (Wildman–Crippen LogP) is 3.41. The molecule has 4 aromatic rings. The van der Waals surface area contributed by atoms with E-state index in [-0.39, 0.29) is 11.8 Å². The number of hydrogen-bond acceptors (Lipinski definition) is 5. The van der Waals surface area contributed by atoms with Gasteiger partial charge in [-0.2, -0.15) is 4.68 Å². The molecular weight excluding hydrogens is 378 g/mol. The highest BCUT2D eigenvalue weighted by atomic mass is 16.1. The Bertz CT molecular complexity index is 1140. The Hall–Kier alpha value is -3.81. The van der Waals surface area contributed by atoms with Crippen molar-refractivity contribution in [1.29, 1.82) is 0 Å².